The lowest BCUT2D eigenvalue weighted by molar-refractivity contribution is 0.102. The Hall–Kier alpha value is -4.38. The van der Waals surface area contributed by atoms with Crippen LogP contribution in [0.25, 0.3) is 11.5 Å². The molecule has 0 saturated carbocycles. The van der Waals surface area contributed by atoms with Crippen molar-refractivity contribution in [1.29, 1.82) is 0 Å². The number of ether oxygens (including phenoxy) is 2. The number of nitrogens with zero attached hydrogens (tertiary/aromatic N) is 3. The van der Waals surface area contributed by atoms with E-state index in [0.29, 0.717) is 22.7 Å². The molecule has 3 aromatic carbocycles. The molecule has 5 rings (SSSR count). The highest BCUT2D eigenvalue weighted by Gasteiger charge is 2.24. The van der Waals surface area contributed by atoms with E-state index in [-0.39, 0.29) is 35.7 Å². The number of carbonyl (C=O) groups excluding carboxylic acids is 1. The SMILES string of the molecule is CCN(c1ccccc1)S(=O)(=O)c1ccc(C(=O)Nc2nnc(-c3ccc4c(c3)OCO4)o2)cc1. The molecule has 0 fully saturated rings. The number of fused-ring (bicyclic) bond motifs is 1. The molecule has 0 radical (unpaired) electrons. The molecule has 0 unspecified atom stereocenters. The number of para-hydroxylation sites is 1. The van der Waals surface area contributed by atoms with Gasteiger partial charge in [0.15, 0.2) is 11.5 Å². The summed E-state index contributed by atoms with van der Waals surface area (Å²) >= 11 is 0. The fourth-order valence-corrected chi connectivity index (χ4v) is 5.05. The topological polar surface area (TPSA) is 124 Å². The predicted octanol–water partition coefficient (Wildman–Crippen LogP) is 3.93. The third-order valence-electron chi connectivity index (χ3n) is 5.30. The van der Waals surface area contributed by atoms with Crippen molar-refractivity contribution in [2.45, 2.75) is 11.8 Å². The summed E-state index contributed by atoms with van der Waals surface area (Å²) in [5.74, 6) is 0.860. The quantitative estimate of drug-likeness (QED) is 0.412. The van der Waals surface area contributed by atoms with Gasteiger partial charge in [0.1, 0.15) is 0 Å². The van der Waals surface area contributed by atoms with E-state index >= 15 is 0 Å². The number of rotatable bonds is 7. The molecule has 178 valence electrons. The van der Waals surface area contributed by atoms with Crippen LogP contribution >= 0.6 is 0 Å². The van der Waals surface area contributed by atoms with Crippen LogP contribution < -0.4 is 19.1 Å². The van der Waals surface area contributed by atoms with Gasteiger partial charge in [-0.25, -0.2) is 8.42 Å². The van der Waals surface area contributed by atoms with Crippen molar-refractivity contribution in [2.24, 2.45) is 0 Å². The van der Waals surface area contributed by atoms with E-state index < -0.39 is 15.9 Å². The van der Waals surface area contributed by atoms with Crippen LogP contribution in [0.15, 0.2) is 82.1 Å². The van der Waals surface area contributed by atoms with Crippen LogP contribution in [0, 0.1) is 0 Å². The largest absolute Gasteiger partial charge is 0.454 e. The molecule has 1 N–H and O–H groups in total. The molecule has 1 aromatic heterocycles. The zero-order valence-corrected chi connectivity index (χ0v) is 19.4. The van der Waals surface area contributed by atoms with Gasteiger partial charge in [0, 0.05) is 17.7 Å². The van der Waals surface area contributed by atoms with Crippen molar-refractivity contribution in [3.05, 3.63) is 78.4 Å². The molecule has 0 bridgehead atoms. The van der Waals surface area contributed by atoms with Crippen molar-refractivity contribution in [3.8, 4) is 23.0 Å². The summed E-state index contributed by atoms with van der Waals surface area (Å²) in [6, 6.07) is 19.5. The predicted molar refractivity (Wildman–Crippen MR) is 127 cm³/mol. The maximum atomic E-state index is 13.1. The number of sulfonamides is 1. The number of anilines is 2. The van der Waals surface area contributed by atoms with E-state index in [1.165, 1.54) is 28.6 Å². The van der Waals surface area contributed by atoms with Gasteiger partial charge in [-0.15, -0.1) is 5.10 Å². The minimum absolute atomic E-state index is 0.0719. The average molecular weight is 493 g/mol. The van der Waals surface area contributed by atoms with Crippen LogP contribution in [-0.2, 0) is 10.0 Å². The van der Waals surface area contributed by atoms with Crippen LogP contribution in [0.4, 0.5) is 11.7 Å². The Morgan fingerprint density at radius 2 is 1.71 bits per heavy atom. The van der Waals surface area contributed by atoms with Gasteiger partial charge in [0.05, 0.1) is 10.6 Å². The maximum absolute atomic E-state index is 13.1. The summed E-state index contributed by atoms with van der Waals surface area (Å²) in [6.45, 7) is 2.17. The Morgan fingerprint density at radius 3 is 2.46 bits per heavy atom. The molecule has 1 amide bonds. The minimum Gasteiger partial charge on any atom is -0.454 e. The van der Waals surface area contributed by atoms with Crippen molar-refractivity contribution >= 4 is 27.6 Å². The van der Waals surface area contributed by atoms with Gasteiger partial charge in [0.25, 0.3) is 15.9 Å². The Bertz CT molecular complexity index is 1470. The summed E-state index contributed by atoms with van der Waals surface area (Å²) < 4.78 is 43.7. The van der Waals surface area contributed by atoms with Gasteiger partial charge in [-0.3, -0.25) is 14.4 Å². The highest BCUT2D eigenvalue weighted by Crippen LogP contribution is 2.35. The van der Waals surface area contributed by atoms with Crippen LogP contribution in [-0.4, -0.2) is 37.9 Å². The molecule has 1 aliphatic rings. The van der Waals surface area contributed by atoms with Crippen molar-refractivity contribution in [1.82, 2.24) is 10.2 Å². The van der Waals surface area contributed by atoms with Gasteiger partial charge in [0.2, 0.25) is 12.7 Å². The highest BCUT2D eigenvalue weighted by atomic mass is 32.2. The molecule has 11 heteroatoms. The Morgan fingerprint density at radius 1 is 0.971 bits per heavy atom. The first-order valence-electron chi connectivity index (χ1n) is 10.7. The summed E-state index contributed by atoms with van der Waals surface area (Å²) in [6.07, 6.45) is 0. The number of amides is 1. The van der Waals surface area contributed by atoms with Crippen LogP contribution in [0.3, 0.4) is 0 Å². The molecule has 0 atom stereocenters. The lowest BCUT2D eigenvalue weighted by Crippen LogP contribution is -2.30. The molecular formula is C24H20N4O6S. The summed E-state index contributed by atoms with van der Waals surface area (Å²) in [7, 11) is -3.80. The molecular weight excluding hydrogens is 472 g/mol. The van der Waals surface area contributed by atoms with Gasteiger partial charge < -0.3 is 13.9 Å². The summed E-state index contributed by atoms with van der Waals surface area (Å²) in [5, 5.41) is 10.3. The monoisotopic (exact) mass is 492 g/mol. The molecule has 4 aromatic rings. The standard InChI is InChI=1S/C24H20N4O6S/c1-2-28(18-6-4-3-5-7-18)35(30,31)19-11-8-16(9-12-19)22(29)25-24-27-26-23(34-24)17-10-13-20-21(14-17)33-15-32-20/h3-14H,2,15H2,1H3,(H,25,27,29). The molecule has 10 nitrogen and oxygen atoms in total. The number of carbonyl (C=O) groups is 1. The van der Waals surface area contributed by atoms with E-state index in [4.69, 9.17) is 13.9 Å². The zero-order chi connectivity index (χ0) is 24.4. The van der Waals surface area contributed by atoms with E-state index in [1.54, 1.807) is 49.4 Å². The van der Waals surface area contributed by atoms with E-state index in [2.05, 4.69) is 15.5 Å². The second kappa shape index (κ2) is 9.11. The third-order valence-corrected chi connectivity index (χ3v) is 7.22. The van der Waals surface area contributed by atoms with Gasteiger partial charge in [-0.2, -0.15) is 0 Å². The van der Waals surface area contributed by atoms with Crippen LogP contribution in [0.1, 0.15) is 17.3 Å². The van der Waals surface area contributed by atoms with E-state index in [0.717, 1.165) is 0 Å². The van der Waals surface area contributed by atoms with E-state index in [9.17, 15) is 13.2 Å². The minimum atomic E-state index is -3.80. The van der Waals surface area contributed by atoms with Crippen molar-refractivity contribution in [2.75, 3.05) is 23.0 Å². The van der Waals surface area contributed by atoms with Gasteiger partial charge in [-0.05, 0) is 61.5 Å². The van der Waals surface area contributed by atoms with Crippen LogP contribution in [0.5, 0.6) is 11.5 Å². The van der Waals surface area contributed by atoms with Gasteiger partial charge in [-0.1, -0.05) is 23.3 Å². The zero-order valence-electron chi connectivity index (χ0n) is 18.5. The normalized spacial score (nSPS) is 12.4. The summed E-state index contributed by atoms with van der Waals surface area (Å²) in [4.78, 5) is 12.7. The molecule has 0 aliphatic carbocycles. The number of hydrogen-bond donors (Lipinski definition) is 1. The molecule has 0 spiro atoms. The first-order valence-corrected chi connectivity index (χ1v) is 12.1. The molecule has 0 saturated heterocycles. The highest BCUT2D eigenvalue weighted by molar-refractivity contribution is 7.92. The number of aromatic nitrogens is 2. The summed E-state index contributed by atoms with van der Waals surface area (Å²) in [5.41, 5.74) is 1.40. The Labute approximate surface area is 201 Å². The first kappa shape index (κ1) is 22.4. The second-order valence-corrected chi connectivity index (χ2v) is 9.33. The molecule has 2 heterocycles. The lowest BCUT2D eigenvalue weighted by Gasteiger charge is -2.22. The maximum Gasteiger partial charge on any atom is 0.322 e. The van der Waals surface area contributed by atoms with Crippen molar-refractivity contribution in [3.63, 3.8) is 0 Å². The van der Waals surface area contributed by atoms with E-state index in [1.807, 2.05) is 6.07 Å². The average Bonchev–Trinajstić information content (AvgIpc) is 3.54. The van der Waals surface area contributed by atoms with Crippen LogP contribution in [0.2, 0.25) is 0 Å². The number of nitrogens with one attached hydrogen (secondary N) is 1. The Balaban J connectivity index is 1.30. The van der Waals surface area contributed by atoms with Gasteiger partial charge >= 0.3 is 6.01 Å². The fraction of sp³-hybridized carbons (Fsp3) is 0.125. The first-order chi connectivity index (χ1) is 17.0. The number of hydrogen-bond acceptors (Lipinski definition) is 8. The van der Waals surface area contributed by atoms with Crippen molar-refractivity contribution < 1.29 is 27.1 Å². The molecule has 1 aliphatic heterocycles. The lowest BCUT2D eigenvalue weighted by atomic mass is 10.2. The second-order valence-electron chi connectivity index (χ2n) is 7.46. The molecule has 35 heavy (non-hydrogen) atoms. The number of benzene rings is 3. The fourth-order valence-electron chi connectivity index (χ4n) is 3.58. The Kier molecular flexibility index (Phi) is 5.83. The smallest absolute Gasteiger partial charge is 0.322 e. The third kappa shape index (κ3) is 4.41.